The molecule has 1 aromatic rings. The zero-order valence-electron chi connectivity index (χ0n) is 12.4. The van der Waals surface area contributed by atoms with Gasteiger partial charge in [0.1, 0.15) is 18.8 Å². The number of halogens is 1. The largest absolute Gasteiger partial charge is 0.440 e. The van der Waals surface area contributed by atoms with Gasteiger partial charge < -0.3 is 15.8 Å². The lowest BCUT2D eigenvalue weighted by Crippen LogP contribution is -2.38. The lowest BCUT2D eigenvalue weighted by atomic mass is 10.1. The van der Waals surface area contributed by atoms with E-state index < -0.39 is 40.9 Å². The van der Waals surface area contributed by atoms with E-state index in [-0.39, 0.29) is 23.3 Å². The lowest BCUT2D eigenvalue weighted by molar-refractivity contribution is -0.123. The number of hydrogen-bond acceptors (Lipinski definition) is 9. The summed E-state index contributed by atoms with van der Waals surface area (Å²) in [5.41, 5.74) is 5.51. The van der Waals surface area contributed by atoms with Crippen molar-refractivity contribution in [2.24, 2.45) is 0 Å². The van der Waals surface area contributed by atoms with Crippen LogP contribution in [0.3, 0.4) is 0 Å². The fraction of sp³-hybridized carbons (Fsp3) is 0.455. The first-order valence-corrected chi connectivity index (χ1v) is 8.34. The summed E-state index contributed by atoms with van der Waals surface area (Å²) in [6.07, 6.45) is -0.276. The third-order valence-electron chi connectivity index (χ3n) is 2.93. The van der Waals surface area contributed by atoms with Crippen LogP contribution in [0.15, 0.2) is 12.3 Å². The molecule has 1 aromatic heterocycles. The van der Waals surface area contributed by atoms with Gasteiger partial charge in [0.15, 0.2) is 0 Å². The average molecular weight is 363 g/mol. The van der Waals surface area contributed by atoms with Crippen LogP contribution in [0.4, 0.5) is 15.2 Å². The van der Waals surface area contributed by atoms with E-state index in [4.69, 9.17) is 10.5 Å². The number of nitrogens with one attached hydrogen (secondary N) is 1. The highest BCUT2D eigenvalue weighted by atomic mass is 32.2. The summed E-state index contributed by atoms with van der Waals surface area (Å²) in [7, 11) is -3.78. The van der Waals surface area contributed by atoms with E-state index in [1.54, 1.807) is 0 Å². The first-order chi connectivity index (χ1) is 11.2. The number of nitrogens with two attached hydrogens (primary N) is 1. The van der Waals surface area contributed by atoms with Crippen LogP contribution in [0.5, 0.6) is 0 Å². The SMILES string of the molecule is CS(=O)(=O)OCC(=O)NC[C@@H]1OC(=O)N(F)[C@H]1c1ccnc(N)n1. The van der Waals surface area contributed by atoms with Crippen molar-refractivity contribution in [3.8, 4) is 0 Å². The second-order valence-electron chi connectivity index (χ2n) is 4.79. The molecule has 132 valence electrons. The van der Waals surface area contributed by atoms with Crippen molar-refractivity contribution >= 4 is 28.1 Å². The average Bonchev–Trinajstić information content (AvgIpc) is 2.77. The summed E-state index contributed by atoms with van der Waals surface area (Å²) in [5.74, 6) is -0.903. The molecule has 1 saturated heterocycles. The molecule has 1 aliphatic rings. The van der Waals surface area contributed by atoms with E-state index in [2.05, 4.69) is 19.5 Å². The minimum atomic E-state index is -3.78. The molecule has 0 unspecified atom stereocenters. The van der Waals surface area contributed by atoms with E-state index in [0.29, 0.717) is 0 Å². The van der Waals surface area contributed by atoms with Gasteiger partial charge in [0.25, 0.3) is 10.1 Å². The van der Waals surface area contributed by atoms with Gasteiger partial charge in [-0.3, -0.25) is 8.98 Å². The van der Waals surface area contributed by atoms with Gasteiger partial charge in [-0.15, -0.1) is 5.12 Å². The molecule has 2 amide bonds. The molecule has 0 radical (unpaired) electrons. The van der Waals surface area contributed by atoms with Gasteiger partial charge in [-0.05, 0) is 6.07 Å². The van der Waals surface area contributed by atoms with Crippen molar-refractivity contribution in [1.29, 1.82) is 0 Å². The molecule has 0 spiro atoms. The Labute approximate surface area is 136 Å². The predicted molar refractivity (Wildman–Crippen MR) is 76.2 cm³/mol. The second-order valence-corrected chi connectivity index (χ2v) is 6.43. The maximum absolute atomic E-state index is 13.9. The van der Waals surface area contributed by atoms with Crippen molar-refractivity contribution in [2.75, 3.05) is 25.1 Å². The summed E-state index contributed by atoms with van der Waals surface area (Å²) in [4.78, 5) is 30.4. The van der Waals surface area contributed by atoms with Crippen LogP contribution >= 0.6 is 0 Å². The fourth-order valence-corrected chi connectivity index (χ4v) is 2.26. The fourth-order valence-electron chi connectivity index (χ4n) is 1.94. The third-order valence-corrected chi connectivity index (χ3v) is 3.47. The first-order valence-electron chi connectivity index (χ1n) is 6.52. The van der Waals surface area contributed by atoms with Crippen molar-refractivity contribution in [3.63, 3.8) is 0 Å². The van der Waals surface area contributed by atoms with Crippen LogP contribution in [0.1, 0.15) is 11.7 Å². The number of nitrogens with zero attached hydrogens (tertiary/aromatic N) is 3. The van der Waals surface area contributed by atoms with Gasteiger partial charge in [0, 0.05) is 6.20 Å². The summed E-state index contributed by atoms with van der Waals surface area (Å²) in [5, 5.41) is 2.10. The Morgan fingerprint density at radius 2 is 2.29 bits per heavy atom. The highest BCUT2D eigenvalue weighted by Crippen LogP contribution is 2.32. The van der Waals surface area contributed by atoms with E-state index in [9.17, 15) is 22.5 Å². The van der Waals surface area contributed by atoms with Gasteiger partial charge >= 0.3 is 6.09 Å². The molecule has 0 aromatic carbocycles. The highest BCUT2D eigenvalue weighted by Gasteiger charge is 2.45. The molecule has 2 rings (SSSR count). The van der Waals surface area contributed by atoms with Crippen molar-refractivity contribution in [1.82, 2.24) is 20.4 Å². The molecule has 24 heavy (non-hydrogen) atoms. The smallest absolute Gasteiger partial charge is 0.439 e. The van der Waals surface area contributed by atoms with Crippen LogP contribution in [0.25, 0.3) is 0 Å². The zero-order valence-corrected chi connectivity index (χ0v) is 13.2. The quantitative estimate of drug-likeness (QED) is 0.473. The molecule has 3 N–H and O–H groups in total. The Kier molecular flexibility index (Phi) is 5.14. The Balaban J connectivity index is 2.02. The van der Waals surface area contributed by atoms with Crippen molar-refractivity contribution in [2.45, 2.75) is 12.1 Å². The molecule has 0 bridgehead atoms. The molecular weight excluding hydrogens is 349 g/mol. The number of ether oxygens (including phenoxy) is 1. The van der Waals surface area contributed by atoms with Crippen molar-refractivity contribution in [3.05, 3.63) is 18.0 Å². The normalized spacial score (nSPS) is 20.8. The number of carbonyl (C=O) groups is 2. The standard InChI is InChI=1S/C11H14FN5O6S/c1-24(20,21)22-5-8(18)15-4-7-9(17(12)11(19)23-7)6-2-3-14-10(13)16-6/h2-3,7,9H,4-5H2,1H3,(H,15,18)(H2,13,14,16)/t7-,9-/m0/s1. The van der Waals surface area contributed by atoms with E-state index in [1.807, 2.05) is 0 Å². The Hall–Kier alpha value is -2.54. The number of cyclic esters (lactones) is 1. The van der Waals surface area contributed by atoms with E-state index in [0.717, 1.165) is 6.26 Å². The third kappa shape index (κ3) is 4.48. The zero-order chi connectivity index (χ0) is 17.9. The molecule has 0 saturated carbocycles. The number of aromatic nitrogens is 2. The molecule has 1 aliphatic heterocycles. The number of amides is 2. The summed E-state index contributed by atoms with van der Waals surface area (Å²) in [6, 6.07) is 0.107. The second kappa shape index (κ2) is 6.92. The van der Waals surface area contributed by atoms with E-state index >= 15 is 0 Å². The number of anilines is 1. The Bertz CT molecular complexity index is 744. The minimum absolute atomic E-state index is 0.0856. The number of nitrogen functional groups attached to an aromatic ring is 1. The van der Waals surface area contributed by atoms with Crippen LogP contribution in [0, 0.1) is 0 Å². The Morgan fingerprint density at radius 3 is 2.92 bits per heavy atom. The van der Waals surface area contributed by atoms with Crippen molar-refractivity contribution < 1.29 is 31.4 Å². The molecule has 1 fully saturated rings. The summed E-state index contributed by atoms with van der Waals surface area (Å²) in [6.45, 7) is -1.03. The molecular formula is C11H14FN5O6S. The molecule has 2 atom stereocenters. The molecule has 2 heterocycles. The number of hydrogen-bond donors (Lipinski definition) is 2. The van der Waals surface area contributed by atoms with Crippen LogP contribution in [-0.4, -0.2) is 61.0 Å². The predicted octanol–water partition coefficient (Wildman–Crippen LogP) is -1.10. The molecule has 0 aliphatic carbocycles. The Morgan fingerprint density at radius 1 is 1.58 bits per heavy atom. The topological polar surface area (TPSA) is 154 Å². The van der Waals surface area contributed by atoms with Gasteiger partial charge in [-0.25, -0.2) is 14.8 Å². The number of rotatable bonds is 6. The van der Waals surface area contributed by atoms with Crippen LogP contribution in [-0.2, 0) is 23.8 Å². The lowest BCUT2D eigenvalue weighted by Gasteiger charge is -2.18. The summed E-state index contributed by atoms with van der Waals surface area (Å²) >= 11 is 0. The molecule has 11 nitrogen and oxygen atoms in total. The maximum atomic E-state index is 13.9. The minimum Gasteiger partial charge on any atom is -0.440 e. The van der Waals surface area contributed by atoms with Crippen LogP contribution in [0.2, 0.25) is 0 Å². The van der Waals surface area contributed by atoms with Gasteiger partial charge in [-0.1, -0.05) is 4.48 Å². The van der Waals surface area contributed by atoms with Gasteiger partial charge in [-0.2, -0.15) is 8.42 Å². The maximum Gasteiger partial charge on any atom is 0.439 e. The van der Waals surface area contributed by atoms with Crippen LogP contribution < -0.4 is 11.1 Å². The van der Waals surface area contributed by atoms with Gasteiger partial charge in [0.2, 0.25) is 11.9 Å². The monoisotopic (exact) mass is 363 g/mol. The highest BCUT2D eigenvalue weighted by molar-refractivity contribution is 7.86. The molecule has 13 heteroatoms. The van der Waals surface area contributed by atoms with E-state index in [1.165, 1.54) is 12.3 Å². The summed E-state index contributed by atoms with van der Waals surface area (Å²) < 4.78 is 44.6. The van der Waals surface area contributed by atoms with Gasteiger partial charge in [0.05, 0.1) is 18.5 Å². The first kappa shape index (κ1) is 17.8. The number of carbonyl (C=O) groups excluding carboxylic acids is 2.